The van der Waals surface area contributed by atoms with Crippen molar-refractivity contribution in [2.24, 2.45) is 0 Å². The third-order valence-electron chi connectivity index (χ3n) is 5.08. The molecule has 5 atom stereocenters. The molecule has 3 heterocycles. The quantitative estimate of drug-likeness (QED) is 0.213. The Balaban J connectivity index is 1.48. The van der Waals surface area contributed by atoms with E-state index in [9.17, 15) is 24.2 Å². The standard InChI is InChI=1S/C18H23N5O9P2/c24-14-12(7-31-34(29,30)10-33(26,27)28)32-18(15(14)25)23-9-22-13-16(20-8-21-17(13)23)19-6-11-4-2-1-3-5-11/h1-5,8-9,12,14-15,18,24-25H,6-7,10H2,(H,29,30)(H,19,20,21)(H2,26,27,28)/t12-,14-,15-,18-/m1/s1. The van der Waals surface area contributed by atoms with E-state index in [4.69, 9.17) is 19.0 Å². The number of hydrogen-bond donors (Lipinski definition) is 6. The highest BCUT2D eigenvalue weighted by Crippen LogP contribution is 2.55. The fraction of sp³-hybridized carbons (Fsp3) is 0.389. The highest BCUT2D eigenvalue weighted by Gasteiger charge is 2.45. The van der Waals surface area contributed by atoms with Gasteiger partial charge in [-0.1, -0.05) is 30.3 Å². The van der Waals surface area contributed by atoms with Gasteiger partial charge >= 0.3 is 15.2 Å². The maximum atomic E-state index is 11.9. The second-order valence-electron chi connectivity index (χ2n) is 7.67. The summed E-state index contributed by atoms with van der Waals surface area (Å²) in [6.45, 7) is -0.204. The van der Waals surface area contributed by atoms with E-state index >= 15 is 0 Å². The van der Waals surface area contributed by atoms with Gasteiger partial charge < -0.3 is 39.5 Å². The molecular weight excluding hydrogens is 492 g/mol. The number of anilines is 1. The van der Waals surface area contributed by atoms with E-state index in [1.165, 1.54) is 17.2 Å². The molecule has 1 aliphatic rings. The van der Waals surface area contributed by atoms with Crippen LogP contribution in [0.25, 0.3) is 11.2 Å². The normalized spacial score (nSPS) is 24.9. The molecule has 1 fully saturated rings. The minimum Gasteiger partial charge on any atom is -0.387 e. The van der Waals surface area contributed by atoms with Gasteiger partial charge in [0.1, 0.15) is 24.6 Å². The smallest absolute Gasteiger partial charge is 0.340 e. The van der Waals surface area contributed by atoms with Gasteiger partial charge in [0.25, 0.3) is 0 Å². The number of hydrogen-bond acceptors (Lipinski definition) is 10. The van der Waals surface area contributed by atoms with Gasteiger partial charge in [-0.2, -0.15) is 0 Å². The lowest BCUT2D eigenvalue weighted by Gasteiger charge is -2.18. The van der Waals surface area contributed by atoms with E-state index in [1.54, 1.807) is 0 Å². The summed E-state index contributed by atoms with van der Waals surface area (Å²) >= 11 is 0. The van der Waals surface area contributed by atoms with Crippen molar-refractivity contribution in [1.29, 1.82) is 0 Å². The number of benzene rings is 1. The molecule has 3 aromatic rings. The number of imidazole rings is 1. The first kappa shape index (κ1) is 24.9. The van der Waals surface area contributed by atoms with E-state index in [0.29, 0.717) is 23.5 Å². The summed E-state index contributed by atoms with van der Waals surface area (Å²) < 4.78 is 34.6. The van der Waals surface area contributed by atoms with Crippen molar-refractivity contribution >= 4 is 32.2 Å². The molecule has 14 nitrogen and oxygen atoms in total. The van der Waals surface area contributed by atoms with E-state index in [0.717, 1.165) is 5.56 Å². The largest absolute Gasteiger partial charge is 0.387 e. The van der Waals surface area contributed by atoms with Crippen molar-refractivity contribution < 1.29 is 43.3 Å². The van der Waals surface area contributed by atoms with Crippen molar-refractivity contribution in [3.05, 3.63) is 48.5 Å². The molecule has 1 aromatic carbocycles. The van der Waals surface area contributed by atoms with E-state index in [1.807, 2.05) is 30.3 Å². The Kier molecular flexibility index (Phi) is 7.15. The summed E-state index contributed by atoms with van der Waals surface area (Å²) in [5.74, 6) is -0.935. The molecule has 0 spiro atoms. The average molecular weight is 515 g/mol. The van der Waals surface area contributed by atoms with Crippen LogP contribution in [-0.2, 0) is 24.9 Å². The van der Waals surface area contributed by atoms with Crippen LogP contribution in [0.3, 0.4) is 0 Å². The molecule has 0 amide bonds. The molecule has 0 bridgehead atoms. The van der Waals surface area contributed by atoms with Crippen LogP contribution >= 0.6 is 15.2 Å². The first-order chi connectivity index (χ1) is 16.0. The van der Waals surface area contributed by atoms with Gasteiger partial charge in [0.2, 0.25) is 0 Å². The summed E-state index contributed by atoms with van der Waals surface area (Å²) in [7, 11) is -9.46. The van der Waals surface area contributed by atoms with Gasteiger partial charge in [0, 0.05) is 6.54 Å². The minimum absolute atomic E-state index is 0.303. The lowest BCUT2D eigenvalue weighted by Crippen LogP contribution is -2.33. The third-order valence-corrected chi connectivity index (χ3v) is 8.53. The van der Waals surface area contributed by atoms with Gasteiger partial charge in [-0.05, 0) is 5.56 Å². The second-order valence-corrected chi connectivity index (χ2v) is 11.7. The van der Waals surface area contributed by atoms with Crippen LogP contribution in [-0.4, -0.2) is 75.2 Å². The van der Waals surface area contributed by atoms with Crippen LogP contribution in [0.2, 0.25) is 0 Å². The molecule has 1 aliphatic heterocycles. The SMILES string of the molecule is O=P(O)(O)CP(=O)(O)OC[C@H]1O[C@@H](n2cnc3c(NCc4ccccc4)ncnc32)[C@H](O)[C@@H]1O. The Morgan fingerprint density at radius 1 is 1.06 bits per heavy atom. The number of nitrogens with zero attached hydrogens (tertiary/aromatic N) is 4. The zero-order chi connectivity index (χ0) is 24.5. The zero-order valence-electron chi connectivity index (χ0n) is 17.5. The Morgan fingerprint density at radius 2 is 1.79 bits per heavy atom. The molecule has 1 unspecified atom stereocenters. The monoisotopic (exact) mass is 515 g/mol. The van der Waals surface area contributed by atoms with Crippen LogP contribution < -0.4 is 5.32 Å². The topological polar surface area (TPSA) is 209 Å². The second kappa shape index (κ2) is 9.78. The molecule has 16 heteroatoms. The highest BCUT2D eigenvalue weighted by atomic mass is 31.2. The van der Waals surface area contributed by atoms with Crippen molar-refractivity contribution in [3.8, 4) is 0 Å². The van der Waals surface area contributed by atoms with Crippen molar-refractivity contribution in [3.63, 3.8) is 0 Å². The van der Waals surface area contributed by atoms with E-state index in [2.05, 4.69) is 20.3 Å². The summed E-state index contributed by atoms with van der Waals surface area (Å²) in [5.41, 5.74) is 1.72. The first-order valence-electron chi connectivity index (χ1n) is 10.0. The van der Waals surface area contributed by atoms with Crippen LogP contribution in [0, 0.1) is 0 Å². The summed E-state index contributed by atoms with van der Waals surface area (Å²) in [6.07, 6.45) is -2.76. The van der Waals surface area contributed by atoms with Crippen LogP contribution in [0.15, 0.2) is 43.0 Å². The lowest BCUT2D eigenvalue weighted by atomic mass is 10.1. The summed E-state index contributed by atoms with van der Waals surface area (Å²) in [5, 5.41) is 24.0. The molecular formula is C18H23N5O9P2. The number of ether oxygens (including phenoxy) is 1. The lowest BCUT2D eigenvalue weighted by molar-refractivity contribution is -0.0483. The number of aliphatic hydroxyl groups excluding tert-OH is 2. The number of rotatable bonds is 9. The van der Waals surface area contributed by atoms with Crippen LogP contribution in [0.1, 0.15) is 11.8 Å². The zero-order valence-corrected chi connectivity index (χ0v) is 19.3. The summed E-state index contributed by atoms with van der Waals surface area (Å²) in [4.78, 5) is 40.1. The molecule has 6 N–H and O–H groups in total. The highest BCUT2D eigenvalue weighted by molar-refractivity contribution is 7.70. The van der Waals surface area contributed by atoms with Crippen molar-refractivity contribution in [1.82, 2.24) is 19.5 Å². The minimum atomic E-state index is -4.81. The Bertz CT molecular complexity index is 1240. The first-order valence-corrected chi connectivity index (χ1v) is 13.6. The Labute approximate surface area is 192 Å². The molecule has 34 heavy (non-hydrogen) atoms. The maximum Gasteiger partial charge on any atom is 0.340 e. The molecule has 1 saturated heterocycles. The predicted molar refractivity (Wildman–Crippen MR) is 118 cm³/mol. The van der Waals surface area contributed by atoms with Gasteiger partial charge in [-0.25, -0.2) is 15.0 Å². The molecule has 184 valence electrons. The fourth-order valence-corrected chi connectivity index (χ4v) is 6.08. The van der Waals surface area contributed by atoms with Gasteiger partial charge in [0.15, 0.2) is 29.1 Å². The summed E-state index contributed by atoms with van der Waals surface area (Å²) in [6, 6.07) is 9.62. The van der Waals surface area contributed by atoms with Crippen molar-refractivity contribution in [2.75, 3.05) is 17.8 Å². The molecule has 0 aliphatic carbocycles. The van der Waals surface area contributed by atoms with E-state index in [-0.39, 0.29) is 0 Å². The van der Waals surface area contributed by atoms with Gasteiger partial charge in [0.05, 0.1) is 12.9 Å². The number of aromatic nitrogens is 4. The molecule has 0 radical (unpaired) electrons. The number of aliphatic hydroxyl groups is 2. The Hall–Kier alpha value is -2.25. The average Bonchev–Trinajstić information content (AvgIpc) is 3.32. The van der Waals surface area contributed by atoms with Gasteiger partial charge in [-0.3, -0.25) is 13.7 Å². The van der Waals surface area contributed by atoms with Crippen molar-refractivity contribution in [2.45, 2.75) is 31.1 Å². The van der Waals surface area contributed by atoms with E-state index < -0.39 is 52.2 Å². The van der Waals surface area contributed by atoms with Crippen LogP contribution in [0.4, 0.5) is 5.82 Å². The number of nitrogens with one attached hydrogen (secondary N) is 1. The maximum absolute atomic E-state index is 11.9. The molecule has 4 rings (SSSR count). The number of fused-ring (bicyclic) bond motifs is 1. The molecule has 2 aromatic heterocycles. The van der Waals surface area contributed by atoms with Crippen LogP contribution in [0.5, 0.6) is 0 Å². The van der Waals surface area contributed by atoms with Gasteiger partial charge in [-0.15, -0.1) is 0 Å². The predicted octanol–water partition coefficient (Wildman–Crippen LogP) is 0.395. The fourth-order valence-electron chi connectivity index (χ4n) is 3.51. The third kappa shape index (κ3) is 5.69. The Morgan fingerprint density at radius 3 is 2.50 bits per heavy atom. The molecule has 0 saturated carbocycles.